The lowest BCUT2D eigenvalue weighted by atomic mass is 9.78. The molecular weight excluding hydrogens is 392 g/mol. The minimum atomic E-state index is -0.845. The van der Waals surface area contributed by atoms with Gasteiger partial charge >= 0.3 is 0 Å². The molecule has 0 spiro atoms. The van der Waals surface area contributed by atoms with Gasteiger partial charge in [-0.1, -0.05) is 41.6 Å². The lowest BCUT2D eigenvalue weighted by Crippen LogP contribution is -2.62. The molecule has 162 valence electrons. The molecule has 0 radical (unpaired) electrons. The van der Waals surface area contributed by atoms with Crippen molar-refractivity contribution >= 4 is 5.91 Å². The normalized spacial score (nSPS) is 21.7. The summed E-state index contributed by atoms with van der Waals surface area (Å²) >= 11 is 0. The maximum absolute atomic E-state index is 12.9. The zero-order chi connectivity index (χ0) is 21.8. The Hall–Kier alpha value is -3.03. The Morgan fingerprint density at radius 3 is 2.65 bits per heavy atom. The molecule has 1 fully saturated rings. The van der Waals surface area contributed by atoms with Gasteiger partial charge in [-0.15, -0.1) is 0 Å². The molecule has 3 aromatic rings. The van der Waals surface area contributed by atoms with Crippen molar-refractivity contribution in [3.63, 3.8) is 0 Å². The number of nitrogens with zero attached hydrogens (tertiary/aromatic N) is 3. The largest absolute Gasteiger partial charge is 0.389 e. The summed E-state index contributed by atoms with van der Waals surface area (Å²) in [6.45, 7) is 5.65. The van der Waals surface area contributed by atoms with Crippen molar-refractivity contribution in [3.8, 4) is 0 Å². The molecule has 4 rings (SSSR count). The molecule has 31 heavy (non-hydrogen) atoms. The fourth-order valence-corrected chi connectivity index (χ4v) is 4.34. The third kappa shape index (κ3) is 4.52. The van der Waals surface area contributed by atoms with Gasteiger partial charge in [0.2, 0.25) is 5.91 Å². The van der Waals surface area contributed by atoms with Crippen LogP contribution in [-0.2, 0) is 23.3 Å². The summed E-state index contributed by atoms with van der Waals surface area (Å²) in [4.78, 5) is 19.4. The summed E-state index contributed by atoms with van der Waals surface area (Å²) < 4.78 is 5.28. The first-order valence-electron chi connectivity index (χ1n) is 10.6. The summed E-state index contributed by atoms with van der Waals surface area (Å²) in [6.07, 6.45) is 1.68. The van der Waals surface area contributed by atoms with E-state index in [2.05, 4.69) is 20.4 Å². The Bertz CT molecular complexity index is 1000. The zero-order valence-corrected chi connectivity index (χ0v) is 17.9. The summed E-state index contributed by atoms with van der Waals surface area (Å²) in [5, 5.41) is 18.5. The van der Waals surface area contributed by atoms with Gasteiger partial charge in [0.05, 0.1) is 23.8 Å². The van der Waals surface area contributed by atoms with E-state index in [0.29, 0.717) is 25.2 Å². The fraction of sp³-hybridized carbons (Fsp3) is 0.375. The smallest absolute Gasteiger partial charge is 0.226 e. The number of aliphatic hydroxyl groups is 1. The lowest BCUT2D eigenvalue weighted by molar-refractivity contribution is -0.126. The first-order valence-corrected chi connectivity index (χ1v) is 10.6. The third-order valence-electron chi connectivity index (χ3n) is 6.10. The maximum atomic E-state index is 12.9. The topological polar surface area (TPSA) is 91.5 Å². The molecule has 7 heteroatoms. The van der Waals surface area contributed by atoms with Crippen molar-refractivity contribution in [2.24, 2.45) is 0 Å². The van der Waals surface area contributed by atoms with E-state index in [-0.39, 0.29) is 12.3 Å². The van der Waals surface area contributed by atoms with Crippen molar-refractivity contribution in [1.29, 1.82) is 0 Å². The number of carbonyl (C=O) groups is 1. The van der Waals surface area contributed by atoms with E-state index in [1.165, 1.54) is 0 Å². The second-order valence-electron chi connectivity index (χ2n) is 8.19. The van der Waals surface area contributed by atoms with Gasteiger partial charge < -0.3 is 14.9 Å². The predicted molar refractivity (Wildman–Crippen MR) is 116 cm³/mol. The summed E-state index contributed by atoms with van der Waals surface area (Å²) in [7, 11) is 0. The van der Waals surface area contributed by atoms with Crippen LogP contribution >= 0.6 is 0 Å². The van der Waals surface area contributed by atoms with Crippen molar-refractivity contribution in [2.45, 2.75) is 44.9 Å². The highest BCUT2D eigenvalue weighted by molar-refractivity contribution is 5.79. The quantitative estimate of drug-likeness (QED) is 0.637. The number of aryl methyl sites for hydroxylation is 2. The second-order valence-corrected chi connectivity index (χ2v) is 8.19. The number of β-amino-alcohol motifs (C(OH)–C–C–N with tert-alkyl or cyclic N) is 1. The van der Waals surface area contributed by atoms with E-state index >= 15 is 0 Å². The molecule has 0 unspecified atom stereocenters. The summed E-state index contributed by atoms with van der Waals surface area (Å²) in [5.41, 5.74) is 2.69. The number of rotatable bonds is 6. The molecule has 2 aromatic heterocycles. The molecule has 1 saturated heterocycles. The highest BCUT2D eigenvalue weighted by Crippen LogP contribution is 2.34. The Morgan fingerprint density at radius 2 is 2.00 bits per heavy atom. The third-order valence-corrected chi connectivity index (χ3v) is 6.10. The Kier molecular flexibility index (Phi) is 6.15. The van der Waals surface area contributed by atoms with E-state index in [0.717, 1.165) is 29.1 Å². The van der Waals surface area contributed by atoms with Crippen LogP contribution in [0.1, 0.15) is 34.7 Å². The van der Waals surface area contributed by atoms with Crippen LogP contribution in [0.5, 0.6) is 0 Å². The molecule has 3 heterocycles. The van der Waals surface area contributed by atoms with E-state index in [4.69, 9.17) is 4.52 Å². The van der Waals surface area contributed by atoms with Gasteiger partial charge in [-0.25, -0.2) is 0 Å². The van der Waals surface area contributed by atoms with Gasteiger partial charge in [0.1, 0.15) is 5.76 Å². The van der Waals surface area contributed by atoms with Crippen LogP contribution < -0.4 is 5.32 Å². The van der Waals surface area contributed by atoms with E-state index < -0.39 is 11.6 Å². The van der Waals surface area contributed by atoms with Gasteiger partial charge in [0.25, 0.3) is 0 Å². The van der Waals surface area contributed by atoms with E-state index in [1.807, 2.05) is 62.4 Å². The molecule has 1 aliphatic heterocycles. The Morgan fingerprint density at radius 1 is 1.23 bits per heavy atom. The molecule has 7 nitrogen and oxygen atoms in total. The number of pyridine rings is 1. The molecule has 1 aliphatic rings. The fourth-order valence-electron chi connectivity index (χ4n) is 4.34. The SMILES string of the molecule is Cc1noc(C)c1CN1CC[C@](NC(=O)Cc2ccccn2)(c2ccccc2)[C@H](O)C1. The molecule has 1 aromatic carbocycles. The molecule has 0 saturated carbocycles. The first-order chi connectivity index (χ1) is 15.0. The average molecular weight is 421 g/mol. The minimum absolute atomic E-state index is 0.152. The average Bonchev–Trinajstić information content (AvgIpc) is 3.09. The summed E-state index contributed by atoms with van der Waals surface area (Å²) in [5.74, 6) is 0.649. The van der Waals surface area contributed by atoms with Crippen molar-refractivity contribution in [2.75, 3.05) is 13.1 Å². The molecule has 0 aliphatic carbocycles. The number of aliphatic hydroxyl groups excluding tert-OH is 1. The van der Waals surface area contributed by atoms with Gasteiger partial charge in [0.15, 0.2) is 0 Å². The van der Waals surface area contributed by atoms with Crippen LogP contribution in [0, 0.1) is 13.8 Å². The lowest BCUT2D eigenvalue weighted by Gasteiger charge is -2.46. The number of nitrogens with one attached hydrogen (secondary N) is 1. The second kappa shape index (κ2) is 8.99. The number of hydrogen-bond acceptors (Lipinski definition) is 6. The monoisotopic (exact) mass is 420 g/mol. The van der Waals surface area contributed by atoms with Crippen LogP contribution in [0.25, 0.3) is 0 Å². The minimum Gasteiger partial charge on any atom is -0.389 e. The van der Waals surface area contributed by atoms with Crippen molar-refractivity contribution in [1.82, 2.24) is 20.4 Å². The van der Waals surface area contributed by atoms with Gasteiger partial charge in [-0.05, 0) is 38.0 Å². The van der Waals surface area contributed by atoms with Crippen LogP contribution in [-0.4, -0.2) is 45.2 Å². The zero-order valence-electron chi connectivity index (χ0n) is 17.9. The number of aromatic nitrogens is 2. The number of piperidine rings is 1. The molecule has 2 N–H and O–H groups in total. The number of hydrogen-bond donors (Lipinski definition) is 2. The number of amides is 1. The first kappa shape index (κ1) is 21.2. The highest BCUT2D eigenvalue weighted by atomic mass is 16.5. The van der Waals surface area contributed by atoms with Gasteiger partial charge in [-0.3, -0.25) is 14.7 Å². The van der Waals surface area contributed by atoms with Crippen molar-refractivity contribution < 1.29 is 14.4 Å². The maximum Gasteiger partial charge on any atom is 0.226 e. The van der Waals surface area contributed by atoms with Gasteiger partial charge in [-0.2, -0.15) is 0 Å². The standard InChI is InChI=1S/C24H28N4O3/c1-17-21(18(2)31-27-17)15-28-13-11-24(22(29)16-28,19-8-4-3-5-9-19)26-23(30)14-20-10-6-7-12-25-20/h3-10,12,22,29H,11,13-16H2,1-2H3,(H,26,30)/t22-,24+/m1/s1. The van der Waals surface area contributed by atoms with Crippen LogP contribution in [0.4, 0.5) is 0 Å². The highest BCUT2D eigenvalue weighted by Gasteiger charge is 2.45. The van der Waals surface area contributed by atoms with Crippen LogP contribution in [0.2, 0.25) is 0 Å². The predicted octanol–water partition coefficient (Wildman–Crippen LogP) is 2.51. The number of likely N-dealkylation sites (tertiary alicyclic amines) is 1. The van der Waals surface area contributed by atoms with E-state index in [9.17, 15) is 9.90 Å². The summed E-state index contributed by atoms with van der Waals surface area (Å²) in [6, 6.07) is 15.3. The number of carbonyl (C=O) groups excluding carboxylic acids is 1. The van der Waals surface area contributed by atoms with Crippen molar-refractivity contribution in [3.05, 3.63) is 83.0 Å². The molecule has 2 atom stereocenters. The molecule has 1 amide bonds. The Balaban J connectivity index is 1.54. The van der Waals surface area contributed by atoms with Crippen LogP contribution in [0.3, 0.4) is 0 Å². The molecular formula is C24H28N4O3. The Labute approximate surface area is 182 Å². The molecule has 0 bridgehead atoms. The van der Waals surface area contributed by atoms with Crippen LogP contribution in [0.15, 0.2) is 59.3 Å². The van der Waals surface area contributed by atoms with Gasteiger partial charge in [0, 0.05) is 37.1 Å². The van der Waals surface area contributed by atoms with E-state index in [1.54, 1.807) is 6.20 Å². The number of benzene rings is 1.